The molecule has 3 heteroatoms. The van der Waals surface area contributed by atoms with Gasteiger partial charge in [0.1, 0.15) is 0 Å². The predicted molar refractivity (Wildman–Crippen MR) is 74.0 cm³/mol. The average Bonchev–Trinajstić information content (AvgIpc) is 2.99. The second-order valence-corrected chi connectivity index (χ2v) is 5.44. The number of aromatic nitrogens is 1. The van der Waals surface area contributed by atoms with Crippen molar-refractivity contribution >= 4 is 16.6 Å². The SMILES string of the molecule is Cc1ccc2c(N3CC4CC3CN4)cccc2n1. The topological polar surface area (TPSA) is 28.2 Å². The van der Waals surface area contributed by atoms with Gasteiger partial charge in [-0.15, -0.1) is 0 Å². The smallest absolute Gasteiger partial charge is 0.0726 e. The first kappa shape index (κ1) is 10.3. The molecule has 2 aliphatic rings. The largest absolute Gasteiger partial charge is 0.365 e. The van der Waals surface area contributed by atoms with E-state index < -0.39 is 0 Å². The average molecular weight is 239 g/mol. The van der Waals surface area contributed by atoms with E-state index in [1.807, 2.05) is 6.92 Å². The van der Waals surface area contributed by atoms with E-state index in [-0.39, 0.29) is 0 Å². The van der Waals surface area contributed by atoms with Gasteiger partial charge >= 0.3 is 0 Å². The zero-order valence-electron chi connectivity index (χ0n) is 10.6. The normalized spacial score (nSPS) is 26.2. The van der Waals surface area contributed by atoms with Gasteiger partial charge in [-0.1, -0.05) is 6.07 Å². The van der Waals surface area contributed by atoms with Crippen molar-refractivity contribution < 1.29 is 0 Å². The van der Waals surface area contributed by atoms with Crippen molar-refractivity contribution in [2.24, 2.45) is 0 Å². The number of fused-ring (bicyclic) bond motifs is 3. The Balaban J connectivity index is 1.85. The zero-order chi connectivity index (χ0) is 12.1. The number of piperazine rings is 1. The molecule has 1 aromatic carbocycles. The Morgan fingerprint density at radius 1 is 1.28 bits per heavy atom. The van der Waals surface area contributed by atoms with Crippen molar-refractivity contribution in [2.75, 3.05) is 18.0 Å². The van der Waals surface area contributed by atoms with Crippen LogP contribution in [0.25, 0.3) is 10.9 Å². The Hall–Kier alpha value is -1.61. The second kappa shape index (κ2) is 3.69. The van der Waals surface area contributed by atoms with Crippen LogP contribution in [0.1, 0.15) is 12.1 Å². The summed E-state index contributed by atoms with van der Waals surface area (Å²) in [5, 5.41) is 4.84. The van der Waals surface area contributed by atoms with Crippen molar-refractivity contribution in [3.63, 3.8) is 0 Å². The van der Waals surface area contributed by atoms with Gasteiger partial charge in [0.25, 0.3) is 0 Å². The van der Waals surface area contributed by atoms with Crippen LogP contribution < -0.4 is 10.2 Å². The maximum atomic E-state index is 4.63. The van der Waals surface area contributed by atoms with Gasteiger partial charge in [0.15, 0.2) is 0 Å². The first-order valence-electron chi connectivity index (χ1n) is 6.68. The Bertz CT molecular complexity index is 608. The highest BCUT2D eigenvalue weighted by atomic mass is 15.3. The molecule has 2 aliphatic heterocycles. The van der Waals surface area contributed by atoms with Gasteiger partial charge in [-0.25, -0.2) is 0 Å². The van der Waals surface area contributed by atoms with Gasteiger partial charge in [-0.2, -0.15) is 0 Å². The molecular weight excluding hydrogens is 222 g/mol. The number of pyridine rings is 1. The fraction of sp³-hybridized carbons (Fsp3) is 0.400. The van der Waals surface area contributed by atoms with Gasteiger partial charge in [-0.05, 0) is 37.6 Å². The van der Waals surface area contributed by atoms with Crippen LogP contribution in [0.5, 0.6) is 0 Å². The molecule has 3 heterocycles. The number of aryl methyl sites for hydroxylation is 1. The summed E-state index contributed by atoms with van der Waals surface area (Å²) in [5.74, 6) is 0. The molecule has 0 aliphatic carbocycles. The highest BCUT2D eigenvalue weighted by Gasteiger charge is 2.37. The molecule has 18 heavy (non-hydrogen) atoms. The molecule has 0 amide bonds. The monoisotopic (exact) mass is 239 g/mol. The van der Waals surface area contributed by atoms with E-state index in [2.05, 4.69) is 45.5 Å². The van der Waals surface area contributed by atoms with Gasteiger partial charge in [0.2, 0.25) is 0 Å². The highest BCUT2D eigenvalue weighted by Crippen LogP contribution is 2.33. The third kappa shape index (κ3) is 1.44. The molecule has 2 aromatic rings. The Morgan fingerprint density at radius 3 is 3.00 bits per heavy atom. The third-order valence-electron chi connectivity index (χ3n) is 4.21. The van der Waals surface area contributed by atoms with Crippen molar-refractivity contribution in [1.29, 1.82) is 0 Å². The van der Waals surface area contributed by atoms with Crippen molar-refractivity contribution in [2.45, 2.75) is 25.4 Å². The van der Waals surface area contributed by atoms with Crippen LogP contribution in [-0.4, -0.2) is 30.2 Å². The Kier molecular flexibility index (Phi) is 2.12. The van der Waals surface area contributed by atoms with E-state index in [0.29, 0.717) is 12.1 Å². The summed E-state index contributed by atoms with van der Waals surface area (Å²) < 4.78 is 0. The minimum absolute atomic E-state index is 0.668. The molecule has 0 radical (unpaired) electrons. The molecule has 1 N–H and O–H groups in total. The van der Waals surface area contributed by atoms with E-state index in [9.17, 15) is 0 Å². The number of hydrogen-bond acceptors (Lipinski definition) is 3. The van der Waals surface area contributed by atoms with Gasteiger partial charge in [0.05, 0.1) is 5.52 Å². The summed E-state index contributed by atoms with van der Waals surface area (Å²) in [7, 11) is 0. The van der Waals surface area contributed by atoms with E-state index >= 15 is 0 Å². The van der Waals surface area contributed by atoms with Crippen molar-refractivity contribution in [1.82, 2.24) is 10.3 Å². The molecule has 3 nitrogen and oxygen atoms in total. The van der Waals surface area contributed by atoms with Crippen LogP contribution in [0.2, 0.25) is 0 Å². The third-order valence-corrected chi connectivity index (χ3v) is 4.21. The number of hydrogen-bond donors (Lipinski definition) is 1. The van der Waals surface area contributed by atoms with E-state index in [4.69, 9.17) is 0 Å². The van der Waals surface area contributed by atoms with E-state index in [0.717, 1.165) is 24.3 Å². The maximum absolute atomic E-state index is 4.63. The minimum atomic E-state index is 0.668. The number of benzene rings is 1. The van der Waals surface area contributed by atoms with Crippen LogP contribution in [0.4, 0.5) is 5.69 Å². The molecular formula is C15H17N3. The lowest BCUT2D eigenvalue weighted by molar-refractivity contribution is 0.581. The van der Waals surface area contributed by atoms with Crippen LogP contribution in [0.3, 0.4) is 0 Å². The molecule has 4 rings (SSSR count). The van der Waals surface area contributed by atoms with E-state index in [1.165, 1.54) is 17.5 Å². The second-order valence-electron chi connectivity index (χ2n) is 5.44. The first-order valence-corrected chi connectivity index (χ1v) is 6.68. The summed E-state index contributed by atoms with van der Waals surface area (Å²) in [4.78, 5) is 7.18. The number of anilines is 1. The van der Waals surface area contributed by atoms with E-state index in [1.54, 1.807) is 0 Å². The summed E-state index contributed by atoms with van der Waals surface area (Å²) in [6.07, 6.45) is 1.29. The molecule has 92 valence electrons. The Morgan fingerprint density at radius 2 is 2.22 bits per heavy atom. The first-order chi connectivity index (χ1) is 8.81. The van der Waals surface area contributed by atoms with Crippen LogP contribution >= 0.6 is 0 Å². The van der Waals surface area contributed by atoms with Gasteiger partial charge in [-0.3, -0.25) is 4.98 Å². The fourth-order valence-electron chi connectivity index (χ4n) is 3.35. The number of nitrogens with one attached hydrogen (secondary N) is 1. The predicted octanol–water partition coefficient (Wildman–Crippen LogP) is 2.09. The molecule has 2 atom stereocenters. The van der Waals surface area contributed by atoms with Crippen molar-refractivity contribution in [3.05, 3.63) is 36.0 Å². The lowest BCUT2D eigenvalue weighted by atomic mass is 10.1. The molecule has 2 unspecified atom stereocenters. The number of nitrogens with zero attached hydrogens (tertiary/aromatic N) is 2. The van der Waals surface area contributed by atoms with Gasteiger partial charge in [0, 0.05) is 41.9 Å². The number of rotatable bonds is 1. The summed E-state index contributed by atoms with van der Waals surface area (Å²) >= 11 is 0. The molecule has 1 aromatic heterocycles. The minimum Gasteiger partial charge on any atom is -0.365 e. The summed E-state index contributed by atoms with van der Waals surface area (Å²) in [6.45, 7) is 4.31. The van der Waals surface area contributed by atoms with Crippen LogP contribution in [0, 0.1) is 6.92 Å². The molecule has 2 saturated heterocycles. The molecule has 2 bridgehead atoms. The standard InChI is InChI=1S/C15H17N3/c1-10-5-6-13-14(17-10)3-2-4-15(13)18-9-11-7-12(18)8-16-11/h2-6,11-12,16H,7-9H2,1H3. The van der Waals surface area contributed by atoms with Crippen LogP contribution in [-0.2, 0) is 0 Å². The summed E-state index contributed by atoms with van der Waals surface area (Å²) in [6, 6.07) is 12.2. The molecule has 0 saturated carbocycles. The quantitative estimate of drug-likeness (QED) is 0.826. The van der Waals surface area contributed by atoms with Gasteiger partial charge < -0.3 is 10.2 Å². The Labute approximate surface area is 107 Å². The lowest BCUT2D eigenvalue weighted by Gasteiger charge is -2.30. The van der Waals surface area contributed by atoms with Crippen molar-refractivity contribution in [3.8, 4) is 0 Å². The summed E-state index contributed by atoms with van der Waals surface area (Å²) in [5.41, 5.74) is 3.56. The van der Waals surface area contributed by atoms with Crippen LogP contribution in [0.15, 0.2) is 30.3 Å². The molecule has 2 fully saturated rings. The fourth-order valence-corrected chi connectivity index (χ4v) is 3.35. The highest BCUT2D eigenvalue weighted by molar-refractivity contribution is 5.92. The maximum Gasteiger partial charge on any atom is 0.0726 e. The zero-order valence-corrected chi connectivity index (χ0v) is 10.6. The molecule has 0 spiro atoms. The lowest BCUT2D eigenvalue weighted by Crippen LogP contribution is -2.43.